The molecule has 0 heterocycles. The molecule has 5 nitrogen and oxygen atoms in total. The molecule has 0 bridgehead atoms. The van der Waals surface area contributed by atoms with Crippen molar-refractivity contribution in [2.75, 3.05) is 0 Å². The molecule has 0 unspecified atom stereocenters. The van der Waals surface area contributed by atoms with Gasteiger partial charge in [-0.25, -0.2) is 0 Å². The molecule has 5 heteroatoms. The van der Waals surface area contributed by atoms with Gasteiger partial charge in [0.25, 0.3) is 0 Å². The highest BCUT2D eigenvalue weighted by atomic mass is 16.6. The summed E-state index contributed by atoms with van der Waals surface area (Å²) >= 11 is 0. The molecule has 21 heavy (non-hydrogen) atoms. The quantitative estimate of drug-likeness (QED) is 0.705. The number of carbonyl (C=O) groups is 3. The van der Waals surface area contributed by atoms with Crippen LogP contribution < -0.4 is 0 Å². The maximum Gasteiger partial charge on any atom is 0.310 e. The van der Waals surface area contributed by atoms with Crippen LogP contribution in [0.1, 0.15) is 67.7 Å². The fourth-order valence-electron chi connectivity index (χ4n) is 1.63. The van der Waals surface area contributed by atoms with E-state index in [0.717, 1.165) is 0 Å². The number of Topliss-reactive ketones (excluding diaryl/α,β-unsaturated/α-hetero) is 1. The molecule has 0 spiro atoms. The lowest BCUT2D eigenvalue weighted by atomic mass is 9.97. The highest BCUT2D eigenvalue weighted by Gasteiger charge is 2.30. The van der Waals surface area contributed by atoms with E-state index in [-0.39, 0.29) is 18.6 Å². The second kappa shape index (κ2) is 7.57. The lowest BCUT2D eigenvalue weighted by molar-refractivity contribution is -0.168. The van der Waals surface area contributed by atoms with Crippen LogP contribution in [0.25, 0.3) is 0 Å². The van der Waals surface area contributed by atoms with Crippen LogP contribution in [-0.4, -0.2) is 28.9 Å². The molecule has 0 radical (unpaired) electrons. The fraction of sp³-hybridized carbons (Fsp3) is 0.812. The average Bonchev–Trinajstić information content (AvgIpc) is 2.22. The van der Waals surface area contributed by atoms with E-state index in [2.05, 4.69) is 0 Å². The lowest BCUT2D eigenvalue weighted by Crippen LogP contribution is -2.33. The second-order valence-corrected chi connectivity index (χ2v) is 7.12. The van der Waals surface area contributed by atoms with Crippen LogP contribution in [-0.2, 0) is 23.9 Å². The van der Waals surface area contributed by atoms with Crippen molar-refractivity contribution in [2.45, 2.75) is 78.9 Å². The minimum Gasteiger partial charge on any atom is -0.460 e. The van der Waals surface area contributed by atoms with Crippen LogP contribution >= 0.6 is 0 Å². The van der Waals surface area contributed by atoms with Gasteiger partial charge < -0.3 is 9.47 Å². The summed E-state index contributed by atoms with van der Waals surface area (Å²) in [5.41, 5.74) is -1.27. The molecule has 0 rings (SSSR count). The van der Waals surface area contributed by atoms with Crippen LogP contribution in [0.15, 0.2) is 0 Å². The first kappa shape index (κ1) is 19.6. The van der Waals surface area contributed by atoms with E-state index < -0.39 is 29.1 Å². The Hall–Kier alpha value is -1.39. The molecule has 0 aromatic heterocycles. The number of esters is 2. The van der Waals surface area contributed by atoms with E-state index in [0.29, 0.717) is 6.42 Å². The maximum atomic E-state index is 12.1. The van der Waals surface area contributed by atoms with Crippen LogP contribution in [0.3, 0.4) is 0 Å². The third-order valence-corrected chi connectivity index (χ3v) is 2.44. The largest absolute Gasteiger partial charge is 0.460 e. The van der Waals surface area contributed by atoms with Crippen molar-refractivity contribution in [1.82, 2.24) is 0 Å². The average molecular weight is 300 g/mol. The number of carbonyl (C=O) groups excluding carboxylic acids is 3. The summed E-state index contributed by atoms with van der Waals surface area (Å²) in [5, 5.41) is 0. The van der Waals surface area contributed by atoms with Gasteiger partial charge in [0.2, 0.25) is 0 Å². The third kappa shape index (κ3) is 10.0. The highest BCUT2D eigenvalue weighted by Crippen LogP contribution is 2.20. The molecule has 0 aliphatic rings. The summed E-state index contributed by atoms with van der Waals surface area (Å²) < 4.78 is 10.5. The van der Waals surface area contributed by atoms with Crippen LogP contribution in [0, 0.1) is 5.92 Å². The minimum atomic E-state index is -0.786. The number of ketones is 1. The Kier molecular flexibility index (Phi) is 7.07. The molecule has 0 amide bonds. The van der Waals surface area contributed by atoms with Gasteiger partial charge in [0.1, 0.15) is 17.0 Å². The Bertz CT molecular complexity index is 384. The normalized spacial score (nSPS) is 13.5. The van der Waals surface area contributed by atoms with Crippen LogP contribution in [0.4, 0.5) is 0 Å². The molecule has 0 fully saturated rings. The zero-order valence-electron chi connectivity index (χ0n) is 14.2. The van der Waals surface area contributed by atoms with Crippen molar-refractivity contribution in [2.24, 2.45) is 5.92 Å². The molecule has 0 aromatic rings. The van der Waals surface area contributed by atoms with Crippen LogP contribution in [0.2, 0.25) is 0 Å². The molecule has 122 valence electrons. The first-order valence-corrected chi connectivity index (χ1v) is 7.30. The molecule has 0 saturated carbocycles. The van der Waals surface area contributed by atoms with Gasteiger partial charge in [-0.15, -0.1) is 0 Å². The summed E-state index contributed by atoms with van der Waals surface area (Å²) in [6.45, 7) is 12.2. The van der Waals surface area contributed by atoms with Gasteiger partial charge in [-0.05, 0) is 41.5 Å². The standard InChI is InChI=1S/C16H28O5/c1-8-12(17)9-11(14(19)21-16(5,6)7)10-13(18)20-15(2,3)4/h11H,8-10H2,1-7H3/t11-/m0/s1. The van der Waals surface area contributed by atoms with Gasteiger partial charge in [-0.2, -0.15) is 0 Å². The van der Waals surface area contributed by atoms with Crippen molar-refractivity contribution < 1.29 is 23.9 Å². The summed E-state index contributed by atoms with van der Waals surface area (Å²) in [7, 11) is 0. The third-order valence-electron chi connectivity index (χ3n) is 2.44. The predicted octanol–water partition coefficient (Wildman–Crippen LogP) is 3.05. The van der Waals surface area contributed by atoms with E-state index in [1.165, 1.54) is 0 Å². The fourth-order valence-corrected chi connectivity index (χ4v) is 1.63. The second-order valence-electron chi connectivity index (χ2n) is 7.12. The number of ether oxygens (including phenoxy) is 2. The molecule has 0 aliphatic heterocycles. The van der Waals surface area contributed by atoms with Crippen molar-refractivity contribution >= 4 is 17.7 Å². The molecule has 1 atom stereocenters. The Balaban J connectivity index is 4.86. The van der Waals surface area contributed by atoms with E-state index in [4.69, 9.17) is 9.47 Å². The van der Waals surface area contributed by atoms with Crippen molar-refractivity contribution in [3.63, 3.8) is 0 Å². The minimum absolute atomic E-state index is 0.00462. The van der Waals surface area contributed by atoms with Gasteiger partial charge in [0, 0.05) is 12.8 Å². The van der Waals surface area contributed by atoms with Gasteiger partial charge in [-0.3, -0.25) is 14.4 Å². The zero-order valence-corrected chi connectivity index (χ0v) is 14.2. The van der Waals surface area contributed by atoms with Gasteiger partial charge in [0.05, 0.1) is 12.3 Å². The molecule has 0 saturated heterocycles. The number of rotatable bonds is 6. The summed E-state index contributed by atoms with van der Waals surface area (Å²) in [6, 6.07) is 0. The summed E-state index contributed by atoms with van der Waals surface area (Å²) in [5.74, 6) is -1.89. The van der Waals surface area contributed by atoms with Crippen molar-refractivity contribution in [1.29, 1.82) is 0 Å². The Labute approximate surface area is 127 Å². The maximum absolute atomic E-state index is 12.1. The smallest absolute Gasteiger partial charge is 0.310 e. The summed E-state index contributed by atoms with van der Waals surface area (Å²) in [6.07, 6.45) is 0.191. The molecule has 0 aromatic carbocycles. The van der Waals surface area contributed by atoms with E-state index >= 15 is 0 Å². The number of hydrogen-bond donors (Lipinski definition) is 0. The molecule has 0 N–H and O–H groups in total. The predicted molar refractivity (Wildman–Crippen MR) is 79.7 cm³/mol. The lowest BCUT2D eigenvalue weighted by Gasteiger charge is -2.25. The van der Waals surface area contributed by atoms with E-state index in [9.17, 15) is 14.4 Å². The van der Waals surface area contributed by atoms with E-state index in [1.54, 1.807) is 48.5 Å². The molecular weight excluding hydrogens is 272 g/mol. The summed E-state index contributed by atoms with van der Waals surface area (Å²) in [4.78, 5) is 35.6. The monoisotopic (exact) mass is 300 g/mol. The Morgan fingerprint density at radius 1 is 0.857 bits per heavy atom. The molecule has 0 aliphatic carbocycles. The highest BCUT2D eigenvalue weighted by molar-refractivity contribution is 5.87. The van der Waals surface area contributed by atoms with Gasteiger partial charge in [0.15, 0.2) is 0 Å². The number of hydrogen-bond acceptors (Lipinski definition) is 5. The molecular formula is C16H28O5. The first-order chi connectivity index (χ1) is 9.34. The topological polar surface area (TPSA) is 69.7 Å². The Morgan fingerprint density at radius 3 is 1.71 bits per heavy atom. The Morgan fingerprint density at radius 2 is 1.33 bits per heavy atom. The van der Waals surface area contributed by atoms with Crippen molar-refractivity contribution in [3.8, 4) is 0 Å². The van der Waals surface area contributed by atoms with Crippen LogP contribution in [0.5, 0.6) is 0 Å². The SMILES string of the molecule is CCC(=O)C[C@@H](CC(=O)OC(C)(C)C)C(=O)OC(C)(C)C. The van der Waals surface area contributed by atoms with Gasteiger partial charge in [-0.1, -0.05) is 6.92 Å². The van der Waals surface area contributed by atoms with Crippen molar-refractivity contribution in [3.05, 3.63) is 0 Å². The van der Waals surface area contributed by atoms with E-state index in [1.807, 2.05) is 0 Å². The zero-order chi connectivity index (χ0) is 16.8. The van der Waals surface area contributed by atoms with Gasteiger partial charge >= 0.3 is 11.9 Å². The first-order valence-electron chi connectivity index (χ1n) is 7.30.